The van der Waals surface area contributed by atoms with Gasteiger partial charge in [0, 0.05) is 6.07 Å². The van der Waals surface area contributed by atoms with E-state index < -0.39 is 6.36 Å². The second kappa shape index (κ2) is 5.49. The summed E-state index contributed by atoms with van der Waals surface area (Å²) >= 11 is 1.30. The van der Waals surface area contributed by atoms with Crippen molar-refractivity contribution in [3.8, 4) is 22.1 Å². The van der Waals surface area contributed by atoms with Gasteiger partial charge in [0.25, 0.3) is 0 Å². The fourth-order valence-corrected chi connectivity index (χ4v) is 3.00. The first-order valence-corrected chi connectivity index (χ1v) is 7.07. The van der Waals surface area contributed by atoms with Crippen molar-refractivity contribution in [2.75, 3.05) is 7.11 Å². The molecule has 0 amide bonds. The molecule has 22 heavy (non-hydrogen) atoms. The smallest absolute Gasteiger partial charge is 0.497 e. The van der Waals surface area contributed by atoms with Crippen molar-refractivity contribution in [1.29, 1.82) is 0 Å². The summed E-state index contributed by atoms with van der Waals surface area (Å²) in [4.78, 5) is 4.36. The minimum atomic E-state index is -4.78. The van der Waals surface area contributed by atoms with Crippen molar-refractivity contribution in [3.05, 3.63) is 42.5 Å². The Bertz CT molecular complexity index is 781. The molecule has 3 aromatic rings. The highest BCUT2D eigenvalue weighted by atomic mass is 32.1. The van der Waals surface area contributed by atoms with Crippen molar-refractivity contribution < 1.29 is 22.6 Å². The van der Waals surface area contributed by atoms with Crippen LogP contribution in [0.2, 0.25) is 0 Å². The summed E-state index contributed by atoms with van der Waals surface area (Å²) in [6, 6.07) is 11.6. The molecule has 0 aliphatic heterocycles. The molecule has 2 aromatic carbocycles. The quantitative estimate of drug-likeness (QED) is 0.688. The van der Waals surface area contributed by atoms with Gasteiger partial charge >= 0.3 is 6.36 Å². The summed E-state index contributed by atoms with van der Waals surface area (Å²) in [6.45, 7) is 0. The first-order valence-electron chi connectivity index (χ1n) is 6.26. The summed E-state index contributed by atoms with van der Waals surface area (Å²) in [5, 5.41) is 0.461. The van der Waals surface area contributed by atoms with E-state index in [-0.39, 0.29) is 17.1 Å². The van der Waals surface area contributed by atoms with Gasteiger partial charge in [0.05, 0.1) is 22.9 Å². The molecule has 1 heterocycles. The number of thiazole rings is 1. The lowest BCUT2D eigenvalue weighted by molar-refractivity contribution is -0.274. The molecule has 0 aliphatic rings. The topological polar surface area (TPSA) is 31.4 Å². The molecule has 0 saturated carbocycles. The Morgan fingerprint density at radius 1 is 1.09 bits per heavy atom. The lowest BCUT2D eigenvalue weighted by Crippen LogP contribution is -2.17. The number of halogens is 3. The summed E-state index contributed by atoms with van der Waals surface area (Å²) in [7, 11) is 1.38. The van der Waals surface area contributed by atoms with Gasteiger partial charge in [-0.15, -0.1) is 24.5 Å². The molecule has 3 nitrogen and oxygen atoms in total. The minimum Gasteiger partial charge on any atom is -0.497 e. The Hall–Kier alpha value is -2.28. The first-order chi connectivity index (χ1) is 10.5. The van der Waals surface area contributed by atoms with Crippen molar-refractivity contribution in [2.45, 2.75) is 6.36 Å². The molecule has 0 atom stereocenters. The van der Waals surface area contributed by atoms with E-state index in [1.807, 2.05) is 24.3 Å². The third kappa shape index (κ3) is 2.99. The largest absolute Gasteiger partial charge is 0.573 e. The number of rotatable bonds is 3. The molecule has 3 rings (SSSR count). The van der Waals surface area contributed by atoms with E-state index in [0.717, 1.165) is 10.2 Å². The fraction of sp³-hybridized carbons (Fsp3) is 0.133. The Balaban J connectivity index is 2.12. The van der Waals surface area contributed by atoms with Crippen LogP contribution in [0.25, 0.3) is 20.8 Å². The van der Waals surface area contributed by atoms with Gasteiger partial charge in [-0.1, -0.05) is 12.1 Å². The predicted octanol–water partition coefficient (Wildman–Crippen LogP) is 4.87. The van der Waals surface area contributed by atoms with E-state index in [4.69, 9.17) is 4.74 Å². The van der Waals surface area contributed by atoms with Crippen LogP contribution in [0, 0.1) is 0 Å². The number of fused-ring (bicyclic) bond motifs is 1. The molecule has 0 unspecified atom stereocenters. The summed E-state index contributed by atoms with van der Waals surface area (Å²) in [5.74, 6) is -0.0463. The van der Waals surface area contributed by atoms with Crippen LogP contribution >= 0.6 is 11.3 Å². The number of aromatic nitrogens is 1. The van der Waals surface area contributed by atoms with Crippen LogP contribution in [0.1, 0.15) is 0 Å². The average Bonchev–Trinajstić information content (AvgIpc) is 2.89. The molecule has 0 fully saturated rings. The Morgan fingerprint density at radius 2 is 1.86 bits per heavy atom. The monoisotopic (exact) mass is 325 g/mol. The number of para-hydroxylation sites is 1. The predicted molar refractivity (Wildman–Crippen MR) is 78.3 cm³/mol. The maximum Gasteiger partial charge on any atom is 0.573 e. The van der Waals surface area contributed by atoms with E-state index >= 15 is 0 Å². The van der Waals surface area contributed by atoms with Gasteiger partial charge in [0.1, 0.15) is 16.5 Å². The van der Waals surface area contributed by atoms with Crippen LogP contribution in [0.4, 0.5) is 13.2 Å². The number of hydrogen-bond donors (Lipinski definition) is 0. The third-order valence-electron chi connectivity index (χ3n) is 2.94. The van der Waals surface area contributed by atoms with Crippen molar-refractivity contribution in [3.63, 3.8) is 0 Å². The standard InChI is InChI=1S/C15H10F3NO2S/c1-20-9-6-7-10(12(8-9)21-15(16,17)18)14-19-11-4-2-3-5-13(11)22-14/h2-8H,1H3. The maximum absolute atomic E-state index is 12.6. The Morgan fingerprint density at radius 3 is 2.55 bits per heavy atom. The molecular formula is C15H10F3NO2S. The molecule has 7 heteroatoms. The lowest BCUT2D eigenvalue weighted by Gasteiger charge is -2.13. The van der Waals surface area contributed by atoms with Crippen LogP contribution in [0.15, 0.2) is 42.5 Å². The van der Waals surface area contributed by atoms with Crippen LogP contribution in [0.5, 0.6) is 11.5 Å². The number of ether oxygens (including phenoxy) is 2. The molecule has 114 valence electrons. The van der Waals surface area contributed by atoms with Crippen LogP contribution in [-0.2, 0) is 0 Å². The van der Waals surface area contributed by atoms with Gasteiger partial charge in [0.2, 0.25) is 0 Å². The molecule has 0 aliphatic carbocycles. The normalized spacial score (nSPS) is 11.6. The van der Waals surface area contributed by atoms with E-state index in [9.17, 15) is 13.2 Å². The van der Waals surface area contributed by atoms with E-state index in [1.54, 1.807) is 6.07 Å². The SMILES string of the molecule is COc1ccc(-c2nc3ccccc3s2)c(OC(F)(F)F)c1. The zero-order chi connectivity index (χ0) is 15.7. The molecule has 0 radical (unpaired) electrons. The molecule has 0 saturated heterocycles. The van der Waals surface area contributed by atoms with E-state index in [2.05, 4.69) is 9.72 Å². The van der Waals surface area contributed by atoms with Crippen molar-refractivity contribution in [2.24, 2.45) is 0 Å². The highest BCUT2D eigenvalue weighted by Gasteiger charge is 2.33. The average molecular weight is 325 g/mol. The minimum absolute atomic E-state index is 0.277. The van der Waals surface area contributed by atoms with Crippen LogP contribution in [0.3, 0.4) is 0 Å². The Labute approximate surface area is 127 Å². The number of methoxy groups -OCH3 is 1. The highest BCUT2D eigenvalue weighted by molar-refractivity contribution is 7.21. The molecule has 0 N–H and O–H groups in total. The van der Waals surface area contributed by atoms with Gasteiger partial charge in [-0.2, -0.15) is 0 Å². The van der Waals surface area contributed by atoms with Crippen molar-refractivity contribution >= 4 is 21.6 Å². The summed E-state index contributed by atoms with van der Waals surface area (Å²) < 4.78 is 47.8. The molecule has 0 bridgehead atoms. The summed E-state index contributed by atoms with van der Waals surface area (Å²) in [6.07, 6.45) is -4.78. The number of hydrogen-bond acceptors (Lipinski definition) is 4. The van der Waals surface area contributed by atoms with Gasteiger partial charge in [-0.25, -0.2) is 4.98 Å². The van der Waals surface area contributed by atoms with Gasteiger partial charge in [-0.3, -0.25) is 0 Å². The number of alkyl halides is 3. The highest BCUT2D eigenvalue weighted by Crippen LogP contribution is 2.39. The number of nitrogens with zero attached hydrogens (tertiary/aromatic N) is 1. The van der Waals surface area contributed by atoms with Gasteiger partial charge < -0.3 is 9.47 Å². The zero-order valence-electron chi connectivity index (χ0n) is 11.3. The van der Waals surface area contributed by atoms with Gasteiger partial charge in [-0.05, 0) is 24.3 Å². The van der Waals surface area contributed by atoms with Gasteiger partial charge in [0.15, 0.2) is 0 Å². The zero-order valence-corrected chi connectivity index (χ0v) is 12.2. The summed E-state index contributed by atoms with van der Waals surface area (Å²) in [5.41, 5.74) is 1.01. The van der Waals surface area contributed by atoms with Crippen molar-refractivity contribution in [1.82, 2.24) is 4.98 Å². The maximum atomic E-state index is 12.6. The van der Waals surface area contributed by atoms with Crippen LogP contribution < -0.4 is 9.47 Å². The molecule has 0 spiro atoms. The number of benzene rings is 2. The molecular weight excluding hydrogens is 315 g/mol. The lowest BCUT2D eigenvalue weighted by atomic mass is 10.2. The van der Waals surface area contributed by atoms with E-state index in [0.29, 0.717) is 5.01 Å². The molecule has 1 aromatic heterocycles. The second-order valence-corrected chi connectivity index (χ2v) is 5.43. The first kappa shape index (κ1) is 14.6. The fourth-order valence-electron chi connectivity index (χ4n) is 2.00. The Kier molecular flexibility index (Phi) is 3.66. The third-order valence-corrected chi connectivity index (χ3v) is 4.01. The van der Waals surface area contributed by atoms with Crippen LogP contribution in [-0.4, -0.2) is 18.5 Å². The second-order valence-electron chi connectivity index (χ2n) is 4.40. The van der Waals surface area contributed by atoms with E-state index in [1.165, 1.54) is 30.6 Å².